The van der Waals surface area contributed by atoms with Gasteiger partial charge in [-0.1, -0.05) is 11.6 Å². The molecule has 0 aromatic carbocycles. The van der Waals surface area contributed by atoms with E-state index >= 15 is 0 Å². The van der Waals surface area contributed by atoms with E-state index in [9.17, 15) is 0 Å². The molecule has 0 bridgehead atoms. The highest BCUT2D eigenvalue weighted by Crippen LogP contribution is 2.24. The molecule has 0 saturated heterocycles. The molecule has 1 heterocycles. The van der Waals surface area contributed by atoms with Crippen molar-refractivity contribution in [2.24, 2.45) is 0 Å². The van der Waals surface area contributed by atoms with Crippen LogP contribution in [0.4, 0.5) is 11.8 Å². The molecule has 0 aliphatic rings. The van der Waals surface area contributed by atoms with Crippen LogP contribution < -0.4 is 10.2 Å². The summed E-state index contributed by atoms with van der Waals surface area (Å²) >= 11 is 6.05. The van der Waals surface area contributed by atoms with E-state index in [1.54, 1.807) is 13.2 Å². The highest BCUT2D eigenvalue weighted by Gasteiger charge is 2.15. The number of nitrogens with one attached hydrogen (secondary N) is 1. The third-order valence-corrected chi connectivity index (χ3v) is 2.45. The van der Waals surface area contributed by atoms with Gasteiger partial charge in [-0.05, 0) is 13.8 Å². The van der Waals surface area contributed by atoms with Crippen molar-refractivity contribution in [2.75, 3.05) is 30.4 Å². The number of nitrogens with zero attached hydrogens (tertiary/aromatic N) is 3. The lowest BCUT2D eigenvalue weighted by Crippen LogP contribution is -2.34. The molecule has 0 aliphatic carbocycles. The van der Waals surface area contributed by atoms with Crippen LogP contribution in [0.5, 0.6) is 0 Å². The van der Waals surface area contributed by atoms with E-state index in [1.807, 2.05) is 18.7 Å². The lowest BCUT2D eigenvalue weighted by Gasteiger charge is -2.27. The van der Waals surface area contributed by atoms with Crippen LogP contribution in [-0.4, -0.2) is 41.3 Å². The molecule has 1 rings (SSSR count). The van der Waals surface area contributed by atoms with E-state index in [0.29, 0.717) is 23.3 Å². The van der Waals surface area contributed by atoms with Crippen LogP contribution in [0, 0.1) is 0 Å². The fourth-order valence-corrected chi connectivity index (χ4v) is 1.60. The zero-order chi connectivity index (χ0) is 12.1. The number of halogens is 1. The topological polar surface area (TPSA) is 61.3 Å². The third-order valence-electron chi connectivity index (χ3n) is 2.19. The quantitative estimate of drug-likeness (QED) is 0.820. The number of hydrogen-bond acceptors (Lipinski definition) is 5. The summed E-state index contributed by atoms with van der Waals surface area (Å²) in [5.41, 5.74) is 0. The van der Waals surface area contributed by atoms with Gasteiger partial charge in [-0.2, -0.15) is 4.98 Å². The molecule has 1 aromatic rings. The number of hydrogen-bond donors (Lipinski definition) is 2. The van der Waals surface area contributed by atoms with Crippen LogP contribution in [0.3, 0.4) is 0 Å². The molecule has 0 radical (unpaired) electrons. The number of aliphatic hydroxyl groups excluding tert-OH is 1. The summed E-state index contributed by atoms with van der Waals surface area (Å²) in [4.78, 5) is 10.2. The second kappa shape index (κ2) is 5.86. The highest BCUT2D eigenvalue weighted by atomic mass is 35.5. The van der Waals surface area contributed by atoms with Crippen LogP contribution in [0.1, 0.15) is 13.8 Å². The first kappa shape index (κ1) is 13.0. The first-order valence-electron chi connectivity index (χ1n) is 5.18. The zero-order valence-corrected chi connectivity index (χ0v) is 10.5. The standard InChI is InChI=1S/C10H17ClN4O/c1-7(2)15(4-5-16)9-8(11)6-13-10(12-3)14-9/h6-7,16H,4-5H2,1-3H3,(H,12,13,14). The maximum Gasteiger partial charge on any atom is 0.224 e. The SMILES string of the molecule is CNc1ncc(Cl)c(N(CCO)C(C)C)n1. The third kappa shape index (κ3) is 2.96. The first-order chi connectivity index (χ1) is 7.60. The molecule has 2 N–H and O–H groups in total. The van der Waals surface area contributed by atoms with Crippen LogP contribution in [0.2, 0.25) is 5.02 Å². The van der Waals surface area contributed by atoms with E-state index in [-0.39, 0.29) is 12.6 Å². The molecule has 0 unspecified atom stereocenters. The lowest BCUT2D eigenvalue weighted by atomic mass is 10.3. The summed E-state index contributed by atoms with van der Waals surface area (Å²) in [5, 5.41) is 12.4. The Labute approximate surface area is 100 Å². The summed E-state index contributed by atoms with van der Waals surface area (Å²) in [6, 6.07) is 0.212. The second-order valence-electron chi connectivity index (χ2n) is 3.63. The number of aliphatic hydroxyl groups is 1. The van der Waals surface area contributed by atoms with E-state index in [1.165, 1.54) is 0 Å². The minimum absolute atomic E-state index is 0.0629. The lowest BCUT2D eigenvalue weighted by molar-refractivity contribution is 0.298. The summed E-state index contributed by atoms with van der Waals surface area (Å²) in [6.07, 6.45) is 1.56. The Bertz CT molecular complexity index is 346. The summed E-state index contributed by atoms with van der Waals surface area (Å²) in [7, 11) is 1.75. The molecular weight excluding hydrogens is 228 g/mol. The summed E-state index contributed by atoms with van der Waals surface area (Å²) < 4.78 is 0. The van der Waals surface area contributed by atoms with Crippen LogP contribution in [-0.2, 0) is 0 Å². The molecule has 5 nitrogen and oxygen atoms in total. The smallest absolute Gasteiger partial charge is 0.224 e. The molecule has 0 fully saturated rings. The minimum atomic E-state index is 0.0629. The van der Waals surface area contributed by atoms with E-state index in [0.717, 1.165) is 0 Å². The minimum Gasteiger partial charge on any atom is -0.395 e. The predicted octanol–water partition coefficient (Wildman–Crippen LogP) is 1.38. The van der Waals surface area contributed by atoms with Crippen LogP contribution >= 0.6 is 11.6 Å². The van der Waals surface area contributed by atoms with Crippen molar-refractivity contribution >= 4 is 23.4 Å². The van der Waals surface area contributed by atoms with Gasteiger partial charge in [0.2, 0.25) is 5.95 Å². The van der Waals surface area contributed by atoms with Gasteiger partial charge in [0.25, 0.3) is 0 Å². The van der Waals surface area contributed by atoms with Gasteiger partial charge in [0.05, 0.1) is 12.8 Å². The van der Waals surface area contributed by atoms with Gasteiger partial charge in [-0.3, -0.25) is 0 Å². The fourth-order valence-electron chi connectivity index (χ4n) is 1.40. The van der Waals surface area contributed by atoms with Gasteiger partial charge < -0.3 is 15.3 Å². The first-order valence-corrected chi connectivity index (χ1v) is 5.55. The number of rotatable bonds is 5. The molecule has 6 heteroatoms. The molecule has 16 heavy (non-hydrogen) atoms. The molecular formula is C10H17ClN4O. The van der Waals surface area contributed by atoms with Crippen molar-refractivity contribution < 1.29 is 5.11 Å². The van der Waals surface area contributed by atoms with Gasteiger partial charge in [0, 0.05) is 19.6 Å². The van der Waals surface area contributed by atoms with Crippen molar-refractivity contribution in [1.82, 2.24) is 9.97 Å². The average molecular weight is 245 g/mol. The Hall–Kier alpha value is -1.07. The fraction of sp³-hybridized carbons (Fsp3) is 0.600. The maximum absolute atomic E-state index is 9.02. The summed E-state index contributed by atoms with van der Waals surface area (Å²) in [6.45, 7) is 4.60. The molecule has 0 amide bonds. The maximum atomic E-state index is 9.02. The van der Waals surface area contributed by atoms with Crippen LogP contribution in [0.25, 0.3) is 0 Å². The Balaban J connectivity index is 3.06. The van der Waals surface area contributed by atoms with Crippen molar-refractivity contribution in [3.05, 3.63) is 11.2 Å². The highest BCUT2D eigenvalue weighted by molar-refractivity contribution is 6.32. The molecule has 90 valence electrons. The van der Waals surface area contributed by atoms with Crippen LogP contribution in [0.15, 0.2) is 6.20 Å². The van der Waals surface area contributed by atoms with Crippen molar-refractivity contribution in [1.29, 1.82) is 0 Å². The Morgan fingerprint density at radius 1 is 1.56 bits per heavy atom. The molecule has 0 spiro atoms. The van der Waals surface area contributed by atoms with E-state index in [2.05, 4.69) is 15.3 Å². The molecule has 0 atom stereocenters. The van der Waals surface area contributed by atoms with Gasteiger partial charge in [-0.15, -0.1) is 0 Å². The molecule has 0 aliphatic heterocycles. The normalized spacial score (nSPS) is 10.6. The van der Waals surface area contributed by atoms with Gasteiger partial charge in [0.15, 0.2) is 5.82 Å². The van der Waals surface area contributed by atoms with Gasteiger partial charge in [0.1, 0.15) is 5.02 Å². The predicted molar refractivity (Wildman–Crippen MR) is 66.2 cm³/mol. The Morgan fingerprint density at radius 3 is 2.75 bits per heavy atom. The summed E-state index contributed by atoms with van der Waals surface area (Å²) in [5.74, 6) is 1.16. The molecule has 1 aromatic heterocycles. The van der Waals surface area contributed by atoms with Gasteiger partial charge in [-0.25, -0.2) is 4.98 Å². The number of aromatic nitrogens is 2. The van der Waals surface area contributed by atoms with E-state index in [4.69, 9.17) is 16.7 Å². The number of anilines is 2. The monoisotopic (exact) mass is 244 g/mol. The largest absolute Gasteiger partial charge is 0.395 e. The molecule has 0 saturated carbocycles. The average Bonchev–Trinajstić information content (AvgIpc) is 2.27. The van der Waals surface area contributed by atoms with Crippen molar-refractivity contribution in [3.63, 3.8) is 0 Å². The van der Waals surface area contributed by atoms with Crippen molar-refractivity contribution in [3.8, 4) is 0 Å². The van der Waals surface area contributed by atoms with E-state index < -0.39 is 0 Å². The zero-order valence-electron chi connectivity index (χ0n) is 9.74. The van der Waals surface area contributed by atoms with Crippen molar-refractivity contribution in [2.45, 2.75) is 19.9 Å². The Morgan fingerprint density at radius 2 is 2.25 bits per heavy atom. The van der Waals surface area contributed by atoms with Gasteiger partial charge >= 0.3 is 0 Å². The Kier molecular flexibility index (Phi) is 4.76. The second-order valence-corrected chi connectivity index (χ2v) is 4.03.